The molecule has 2 atom stereocenters. The Morgan fingerprint density at radius 3 is 2.48 bits per heavy atom. The number of imide groups is 1. The van der Waals surface area contributed by atoms with E-state index in [9.17, 15) is 14.4 Å². The largest absolute Gasteiger partial charge is 0.352 e. The first kappa shape index (κ1) is 16.8. The van der Waals surface area contributed by atoms with Gasteiger partial charge in [-0.3, -0.25) is 19.8 Å². The van der Waals surface area contributed by atoms with E-state index in [0.29, 0.717) is 31.0 Å². The summed E-state index contributed by atoms with van der Waals surface area (Å²) in [6.45, 7) is 3.71. The Morgan fingerprint density at radius 2 is 1.92 bits per heavy atom. The van der Waals surface area contributed by atoms with E-state index < -0.39 is 11.6 Å². The number of likely N-dealkylation sites (tertiary alicyclic amines) is 1. The predicted molar refractivity (Wildman–Crippen MR) is 91.6 cm³/mol. The van der Waals surface area contributed by atoms with E-state index in [1.165, 1.54) is 25.7 Å². The van der Waals surface area contributed by atoms with E-state index in [-0.39, 0.29) is 17.7 Å². The Morgan fingerprint density at radius 1 is 1.24 bits per heavy atom. The maximum atomic E-state index is 12.5. The van der Waals surface area contributed by atoms with Crippen LogP contribution in [0.5, 0.6) is 0 Å². The fourth-order valence-electron chi connectivity index (χ4n) is 4.48. The van der Waals surface area contributed by atoms with Crippen LogP contribution in [0, 0.1) is 17.8 Å². The van der Waals surface area contributed by atoms with Crippen molar-refractivity contribution in [2.75, 3.05) is 19.6 Å². The number of rotatable bonds is 6. The molecule has 0 aromatic rings. The van der Waals surface area contributed by atoms with Crippen LogP contribution in [0.25, 0.3) is 0 Å². The molecule has 4 amide bonds. The summed E-state index contributed by atoms with van der Waals surface area (Å²) in [6, 6.07) is -0.0374. The summed E-state index contributed by atoms with van der Waals surface area (Å²) >= 11 is 0. The molecule has 2 heterocycles. The SMILES string of the molecule is C[C@@]1([C@@H]2CCCN(CC(=O)NC(C3CC3)C3CC3)C2)NC(=O)NC1=O. The molecule has 2 saturated heterocycles. The molecule has 4 aliphatic rings. The van der Waals surface area contributed by atoms with E-state index in [1.54, 1.807) is 6.92 Å². The molecule has 3 N–H and O–H groups in total. The van der Waals surface area contributed by atoms with Crippen LogP contribution in [-0.2, 0) is 9.59 Å². The van der Waals surface area contributed by atoms with Crippen molar-refractivity contribution >= 4 is 17.8 Å². The van der Waals surface area contributed by atoms with Crippen molar-refractivity contribution in [2.24, 2.45) is 17.8 Å². The van der Waals surface area contributed by atoms with Gasteiger partial charge in [0.25, 0.3) is 5.91 Å². The van der Waals surface area contributed by atoms with Gasteiger partial charge in [-0.1, -0.05) is 0 Å². The van der Waals surface area contributed by atoms with Gasteiger partial charge in [0, 0.05) is 18.5 Å². The minimum absolute atomic E-state index is 0.0307. The number of carbonyl (C=O) groups excluding carboxylic acids is 3. The molecule has 0 aromatic carbocycles. The lowest BCUT2D eigenvalue weighted by Crippen LogP contribution is -2.56. The van der Waals surface area contributed by atoms with Gasteiger partial charge in [-0.25, -0.2) is 4.79 Å². The highest BCUT2D eigenvalue weighted by atomic mass is 16.2. The number of hydrogen-bond donors (Lipinski definition) is 3. The van der Waals surface area contributed by atoms with Crippen LogP contribution in [0.15, 0.2) is 0 Å². The van der Waals surface area contributed by atoms with Gasteiger partial charge in [-0.2, -0.15) is 0 Å². The highest BCUT2D eigenvalue weighted by Crippen LogP contribution is 2.44. The van der Waals surface area contributed by atoms with Crippen LogP contribution in [-0.4, -0.2) is 54.0 Å². The quantitative estimate of drug-likeness (QED) is 0.613. The summed E-state index contributed by atoms with van der Waals surface area (Å²) in [5.74, 6) is 1.28. The van der Waals surface area contributed by atoms with E-state index in [0.717, 1.165) is 19.4 Å². The van der Waals surface area contributed by atoms with Crippen LogP contribution in [0.4, 0.5) is 4.79 Å². The molecule has 2 aliphatic carbocycles. The second-order valence-electron chi connectivity index (χ2n) is 8.45. The number of piperidine rings is 1. The molecule has 0 aromatic heterocycles. The average molecular weight is 348 g/mol. The first-order valence-corrected chi connectivity index (χ1v) is 9.61. The zero-order valence-electron chi connectivity index (χ0n) is 14.8. The van der Waals surface area contributed by atoms with Gasteiger partial charge in [0.05, 0.1) is 6.54 Å². The van der Waals surface area contributed by atoms with E-state index >= 15 is 0 Å². The first-order valence-electron chi connectivity index (χ1n) is 9.61. The molecule has 2 aliphatic heterocycles. The van der Waals surface area contributed by atoms with Gasteiger partial charge in [-0.15, -0.1) is 0 Å². The zero-order valence-corrected chi connectivity index (χ0v) is 14.8. The van der Waals surface area contributed by atoms with E-state index in [2.05, 4.69) is 20.9 Å². The lowest BCUT2D eigenvalue weighted by Gasteiger charge is -2.39. The van der Waals surface area contributed by atoms with Gasteiger partial charge in [-0.05, 0) is 63.8 Å². The summed E-state index contributed by atoms with van der Waals surface area (Å²) in [7, 11) is 0. The summed E-state index contributed by atoms with van der Waals surface area (Å²) in [5, 5.41) is 8.38. The standard InChI is InChI=1S/C18H28N4O3/c1-18(16(24)20-17(25)21-18)13-3-2-8-22(9-13)10-14(23)19-15(11-4-5-11)12-6-7-12/h11-13,15H,2-10H2,1H3,(H,19,23)(H2,20,21,24,25)/t13-,18+/m1/s1. The molecule has 7 heteroatoms. The summed E-state index contributed by atoms with van der Waals surface area (Å²) in [4.78, 5) is 38.3. The third-order valence-corrected chi connectivity index (χ3v) is 6.35. The first-order chi connectivity index (χ1) is 12.0. The predicted octanol–water partition coefficient (Wildman–Crippen LogP) is 0.601. The lowest BCUT2D eigenvalue weighted by atomic mass is 9.80. The lowest BCUT2D eigenvalue weighted by molar-refractivity contribution is -0.126. The number of amides is 4. The molecular weight excluding hydrogens is 320 g/mol. The molecule has 2 saturated carbocycles. The highest BCUT2D eigenvalue weighted by molar-refractivity contribution is 6.07. The van der Waals surface area contributed by atoms with Gasteiger partial charge in [0.15, 0.2) is 0 Å². The van der Waals surface area contributed by atoms with Gasteiger partial charge in [0.2, 0.25) is 5.91 Å². The number of carbonyl (C=O) groups is 3. The van der Waals surface area contributed by atoms with E-state index in [1.807, 2.05) is 0 Å². The number of urea groups is 1. The zero-order chi connectivity index (χ0) is 17.6. The third-order valence-electron chi connectivity index (χ3n) is 6.35. The Bertz CT molecular complexity index is 575. The minimum Gasteiger partial charge on any atom is -0.352 e. The van der Waals surface area contributed by atoms with Crippen molar-refractivity contribution in [1.29, 1.82) is 0 Å². The Labute approximate surface area is 148 Å². The van der Waals surface area contributed by atoms with Gasteiger partial charge >= 0.3 is 6.03 Å². The molecule has 4 rings (SSSR count). The molecule has 0 radical (unpaired) electrons. The van der Waals surface area contributed by atoms with Crippen LogP contribution < -0.4 is 16.0 Å². The second-order valence-corrected chi connectivity index (χ2v) is 8.45. The number of nitrogens with zero attached hydrogens (tertiary/aromatic N) is 1. The fourth-order valence-corrected chi connectivity index (χ4v) is 4.48. The van der Waals surface area contributed by atoms with Crippen LogP contribution in [0.3, 0.4) is 0 Å². The molecule has 0 unspecified atom stereocenters. The number of hydrogen-bond acceptors (Lipinski definition) is 4. The minimum atomic E-state index is -0.864. The molecule has 4 fully saturated rings. The van der Waals surface area contributed by atoms with Crippen molar-refractivity contribution < 1.29 is 14.4 Å². The van der Waals surface area contributed by atoms with Crippen molar-refractivity contribution in [3.63, 3.8) is 0 Å². The Hall–Kier alpha value is -1.63. The topological polar surface area (TPSA) is 90.5 Å². The molecule has 138 valence electrons. The van der Waals surface area contributed by atoms with Crippen molar-refractivity contribution in [3.05, 3.63) is 0 Å². The average Bonchev–Trinajstić information content (AvgIpc) is 3.46. The monoisotopic (exact) mass is 348 g/mol. The van der Waals surface area contributed by atoms with Crippen molar-refractivity contribution in [2.45, 2.75) is 57.0 Å². The van der Waals surface area contributed by atoms with Crippen molar-refractivity contribution in [1.82, 2.24) is 20.9 Å². The normalized spacial score (nSPS) is 33.3. The Balaban J connectivity index is 1.32. The second kappa shape index (κ2) is 6.27. The molecule has 0 spiro atoms. The maximum Gasteiger partial charge on any atom is 0.322 e. The van der Waals surface area contributed by atoms with Gasteiger partial charge in [0.1, 0.15) is 5.54 Å². The molecule has 0 bridgehead atoms. The van der Waals surface area contributed by atoms with Gasteiger partial charge < -0.3 is 10.6 Å². The molecular formula is C18H28N4O3. The molecule has 25 heavy (non-hydrogen) atoms. The fraction of sp³-hybridized carbons (Fsp3) is 0.833. The van der Waals surface area contributed by atoms with Crippen molar-refractivity contribution in [3.8, 4) is 0 Å². The van der Waals surface area contributed by atoms with Crippen LogP contribution in [0.2, 0.25) is 0 Å². The smallest absolute Gasteiger partial charge is 0.322 e. The summed E-state index contributed by atoms with van der Waals surface area (Å²) in [5.41, 5.74) is -0.864. The van der Waals surface area contributed by atoms with E-state index in [4.69, 9.17) is 0 Å². The Kier molecular flexibility index (Phi) is 4.22. The van der Waals surface area contributed by atoms with Crippen LogP contribution >= 0.6 is 0 Å². The third kappa shape index (κ3) is 3.52. The molecule has 7 nitrogen and oxygen atoms in total. The maximum absolute atomic E-state index is 12.5. The van der Waals surface area contributed by atoms with Crippen LogP contribution in [0.1, 0.15) is 45.4 Å². The highest BCUT2D eigenvalue weighted by Gasteiger charge is 2.49. The summed E-state index contributed by atoms with van der Waals surface area (Å²) in [6.07, 6.45) is 6.82. The number of nitrogens with one attached hydrogen (secondary N) is 3. The summed E-state index contributed by atoms with van der Waals surface area (Å²) < 4.78 is 0.